The Morgan fingerprint density at radius 1 is 1.14 bits per heavy atom. The quantitative estimate of drug-likeness (QED) is 0.468. The highest BCUT2D eigenvalue weighted by Gasteiger charge is 2.42. The number of methoxy groups -OCH3 is 1. The molecule has 3 aliphatic rings. The molecule has 0 aliphatic carbocycles. The van der Waals surface area contributed by atoms with Crippen molar-refractivity contribution in [3.05, 3.63) is 52.2 Å². The van der Waals surface area contributed by atoms with E-state index in [-0.39, 0.29) is 30.8 Å². The van der Waals surface area contributed by atoms with Gasteiger partial charge in [0.05, 0.1) is 50.0 Å². The lowest BCUT2D eigenvalue weighted by atomic mass is 9.93. The molecule has 198 valence electrons. The van der Waals surface area contributed by atoms with E-state index in [2.05, 4.69) is 0 Å². The number of fused-ring (bicyclic) bond motifs is 1. The maximum atomic E-state index is 13.4. The van der Waals surface area contributed by atoms with Crippen molar-refractivity contribution in [2.45, 2.75) is 46.1 Å². The zero-order chi connectivity index (χ0) is 26.5. The molecule has 1 aromatic carbocycles. The van der Waals surface area contributed by atoms with Crippen molar-refractivity contribution >= 4 is 34.8 Å². The van der Waals surface area contributed by atoms with Crippen molar-refractivity contribution in [1.82, 2.24) is 9.80 Å². The Morgan fingerprint density at radius 2 is 1.89 bits per heavy atom. The minimum atomic E-state index is -0.564. The van der Waals surface area contributed by atoms with E-state index in [9.17, 15) is 14.4 Å². The summed E-state index contributed by atoms with van der Waals surface area (Å²) in [5.74, 6) is -0.463. The summed E-state index contributed by atoms with van der Waals surface area (Å²) < 4.78 is 16.2. The van der Waals surface area contributed by atoms with Crippen LogP contribution in [0, 0.1) is 5.92 Å². The van der Waals surface area contributed by atoms with Crippen LogP contribution < -0.4 is 4.74 Å². The molecule has 2 unspecified atom stereocenters. The van der Waals surface area contributed by atoms with E-state index in [1.807, 2.05) is 34.6 Å². The number of allylic oxidation sites excluding steroid dienone is 1. The second kappa shape index (κ2) is 11.9. The lowest BCUT2D eigenvalue weighted by molar-refractivity contribution is -0.151. The van der Waals surface area contributed by atoms with Crippen LogP contribution in [0.25, 0.3) is 0 Å². The molecule has 0 radical (unpaired) electrons. The fourth-order valence-electron chi connectivity index (χ4n) is 4.95. The molecule has 1 saturated heterocycles. The van der Waals surface area contributed by atoms with Gasteiger partial charge in [0.15, 0.2) is 5.17 Å². The van der Waals surface area contributed by atoms with Gasteiger partial charge < -0.3 is 24.0 Å². The average Bonchev–Trinajstić information content (AvgIpc) is 3.29. The first-order chi connectivity index (χ1) is 17.9. The number of carbonyl (C=O) groups excluding carboxylic acids is 3. The third-order valence-corrected chi connectivity index (χ3v) is 7.54. The van der Waals surface area contributed by atoms with Gasteiger partial charge in [0.25, 0.3) is 0 Å². The maximum absolute atomic E-state index is 13.4. The van der Waals surface area contributed by atoms with Gasteiger partial charge in [0.1, 0.15) is 5.75 Å². The van der Waals surface area contributed by atoms with E-state index in [0.29, 0.717) is 48.3 Å². The molecule has 0 aromatic heterocycles. The molecule has 1 fully saturated rings. The molecular weight excluding hydrogens is 494 g/mol. The molecule has 37 heavy (non-hydrogen) atoms. The fraction of sp³-hybridized carbons (Fsp3) is 0.481. The summed E-state index contributed by atoms with van der Waals surface area (Å²) in [6, 6.07) is 6.96. The van der Waals surface area contributed by atoms with E-state index in [1.165, 1.54) is 11.8 Å². The number of nitrogens with zero attached hydrogens (tertiary/aromatic N) is 3. The van der Waals surface area contributed by atoms with Crippen molar-refractivity contribution in [2.24, 2.45) is 10.9 Å². The van der Waals surface area contributed by atoms with Crippen molar-refractivity contribution < 1.29 is 28.6 Å². The van der Waals surface area contributed by atoms with Crippen LogP contribution in [0.15, 0.2) is 51.6 Å². The number of ether oxygens (including phenoxy) is 3. The van der Waals surface area contributed by atoms with Crippen molar-refractivity contribution in [3.8, 4) is 5.75 Å². The molecule has 9 nitrogen and oxygen atoms in total. The van der Waals surface area contributed by atoms with E-state index in [4.69, 9.17) is 19.2 Å². The number of thioether (sulfide) groups is 1. The van der Waals surface area contributed by atoms with Gasteiger partial charge in [-0.2, -0.15) is 0 Å². The molecule has 3 heterocycles. The van der Waals surface area contributed by atoms with Crippen LogP contribution in [-0.2, 0) is 23.9 Å². The van der Waals surface area contributed by atoms with E-state index < -0.39 is 12.0 Å². The van der Waals surface area contributed by atoms with Crippen LogP contribution in [0.1, 0.15) is 51.6 Å². The summed E-state index contributed by atoms with van der Waals surface area (Å²) in [7, 11) is 1.59. The molecule has 3 aliphatic heterocycles. The zero-order valence-electron chi connectivity index (χ0n) is 21.7. The van der Waals surface area contributed by atoms with Gasteiger partial charge in [-0.05, 0) is 45.1 Å². The Morgan fingerprint density at radius 3 is 2.62 bits per heavy atom. The standard InChI is InChI=1S/C27H33N3O6S/c1-5-35-25(32)18-10-9-13-29(15-18)22(31)14-19-16-37-27-28-17(3)23(26(33)36-6-2)24(30(19)27)20-11-7-8-12-21(20)34-4/h7-8,11-12,16,18,24H,5-6,9-10,13-15H2,1-4H3. The lowest BCUT2D eigenvalue weighted by Gasteiger charge is -2.37. The third kappa shape index (κ3) is 5.53. The van der Waals surface area contributed by atoms with Crippen LogP contribution in [-0.4, -0.2) is 66.2 Å². The minimum absolute atomic E-state index is 0.0789. The number of para-hydroxylation sites is 1. The monoisotopic (exact) mass is 527 g/mol. The Balaban J connectivity index is 1.63. The Kier molecular flexibility index (Phi) is 8.58. The highest BCUT2D eigenvalue weighted by Crippen LogP contribution is 2.47. The smallest absolute Gasteiger partial charge is 0.338 e. The number of benzene rings is 1. The summed E-state index contributed by atoms with van der Waals surface area (Å²) in [6.07, 6.45) is 1.58. The first-order valence-corrected chi connectivity index (χ1v) is 13.5. The van der Waals surface area contributed by atoms with Crippen LogP contribution in [0.2, 0.25) is 0 Å². The van der Waals surface area contributed by atoms with Gasteiger partial charge >= 0.3 is 11.9 Å². The van der Waals surface area contributed by atoms with Gasteiger partial charge in [-0.25, -0.2) is 9.79 Å². The van der Waals surface area contributed by atoms with Gasteiger partial charge in [-0.15, -0.1) is 0 Å². The SMILES string of the molecule is CCOC(=O)C1=C(C)N=C2SC=C(CC(=O)N3CCCC(C(=O)OCC)C3)N2C1c1ccccc1OC. The molecule has 2 atom stereocenters. The molecular formula is C27H33N3O6S. The Hall–Kier alpha value is -3.27. The van der Waals surface area contributed by atoms with E-state index >= 15 is 0 Å². The van der Waals surface area contributed by atoms with Crippen LogP contribution in [0.5, 0.6) is 5.75 Å². The van der Waals surface area contributed by atoms with Gasteiger partial charge in [-0.1, -0.05) is 30.0 Å². The van der Waals surface area contributed by atoms with Crippen molar-refractivity contribution in [1.29, 1.82) is 0 Å². The second-order valence-corrected chi connectivity index (χ2v) is 9.80. The molecule has 0 saturated carbocycles. The second-order valence-electron chi connectivity index (χ2n) is 8.96. The predicted molar refractivity (Wildman–Crippen MR) is 141 cm³/mol. The third-order valence-electron chi connectivity index (χ3n) is 6.66. The van der Waals surface area contributed by atoms with Crippen molar-refractivity contribution in [2.75, 3.05) is 33.4 Å². The topological polar surface area (TPSA) is 97.7 Å². The number of amidine groups is 1. The predicted octanol–water partition coefficient (Wildman–Crippen LogP) is 4.03. The normalized spacial score (nSPS) is 21.2. The number of amides is 1. The molecule has 0 N–H and O–H groups in total. The molecule has 1 amide bonds. The number of hydrogen-bond acceptors (Lipinski definition) is 9. The molecule has 1 aromatic rings. The number of rotatable bonds is 8. The number of hydrogen-bond donors (Lipinski definition) is 0. The number of piperidine rings is 1. The Bertz CT molecular complexity index is 1160. The molecule has 10 heteroatoms. The van der Waals surface area contributed by atoms with Crippen LogP contribution in [0.3, 0.4) is 0 Å². The average molecular weight is 528 g/mol. The lowest BCUT2D eigenvalue weighted by Crippen LogP contribution is -2.44. The Labute approximate surface area is 221 Å². The largest absolute Gasteiger partial charge is 0.496 e. The zero-order valence-corrected chi connectivity index (χ0v) is 22.5. The number of esters is 2. The number of likely N-dealkylation sites (tertiary alicyclic amines) is 1. The summed E-state index contributed by atoms with van der Waals surface area (Å²) in [5, 5.41) is 2.60. The van der Waals surface area contributed by atoms with Crippen molar-refractivity contribution in [3.63, 3.8) is 0 Å². The maximum Gasteiger partial charge on any atom is 0.338 e. The van der Waals surface area contributed by atoms with Gasteiger partial charge in [0, 0.05) is 24.4 Å². The van der Waals surface area contributed by atoms with E-state index in [0.717, 1.165) is 17.7 Å². The molecule has 0 bridgehead atoms. The molecule has 0 spiro atoms. The highest BCUT2D eigenvalue weighted by molar-refractivity contribution is 8.16. The fourth-order valence-corrected chi connectivity index (χ4v) is 5.91. The summed E-state index contributed by atoms with van der Waals surface area (Å²) >= 11 is 1.42. The minimum Gasteiger partial charge on any atom is -0.496 e. The van der Waals surface area contributed by atoms with Gasteiger partial charge in [0.2, 0.25) is 5.91 Å². The first-order valence-electron chi connectivity index (χ1n) is 12.6. The van der Waals surface area contributed by atoms with E-state index in [1.54, 1.807) is 32.8 Å². The van der Waals surface area contributed by atoms with Gasteiger partial charge in [-0.3, -0.25) is 9.59 Å². The first kappa shape index (κ1) is 26.8. The number of carbonyl (C=O) groups is 3. The summed E-state index contributed by atoms with van der Waals surface area (Å²) in [4.78, 5) is 47.2. The van der Waals surface area contributed by atoms with Crippen LogP contribution >= 0.6 is 11.8 Å². The summed E-state index contributed by atoms with van der Waals surface area (Å²) in [5.41, 5.74) is 2.50. The molecule has 4 rings (SSSR count). The summed E-state index contributed by atoms with van der Waals surface area (Å²) in [6.45, 7) is 6.85. The highest BCUT2D eigenvalue weighted by atomic mass is 32.2. The van der Waals surface area contributed by atoms with Crippen LogP contribution in [0.4, 0.5) is 0 Å². The number of aliphatic imine (C=N–C) groups is 1.